The van der Waals surface area contributed by atoms with E-state index in [9.17, 15) is 0 Å². The molecule has 0 unspecified atom stereocenters. The van der Waals surface area contributed by atoms with Gasteiger partial charge in [-0.25, -0.2) is 15.0 Å². The van der Waals surface area contributed by atoms with Crippen LogP contribution in [0.25, 0.3) is 0 Å². The number of rotatable bonds is 6. The molecule has 0 spiro atoms. The monoisotopic (exact) mass is 380 g/mol. The van der Waals surface area contributed by atoms with Crippen molar-refractivity contribution in [3.05, 3.63) is 48.0 Å². The topological polar surface area (TPSA) is 77.5 Å². The Morgan fingerprint density at radius 2 is 2.11 bits per heavy atom. The van der Waals surface area contributed by atoms with Crippen molar-refractivity contribution in [2.24, 2.45) is 7.05 Å². The average Bonchev–Trinajstić information content (AvgIpc) is 3.32. The van der Waals surface area contributed by atoms with Crippen LogP contribution in [0.5, 0.6) is 0 Å². The SMILES string of the molecule is CCCc1cc(N2CCC[C@H](c3nnc(Cn4ccnc4)n3C)C2)nc(C)n1. The largest absolute Gasteiger partial charge is 0.356 e. The van der Waals surface area contributed by atoms with Gasteiger partial charge in [0.1, 0.15) is 17.5 Å². The van der Waals surface area contributed by atoms with E-state index in [0.29, 0.717) is 12.5 Å². The van der Waals surface area contributed by atoms with E-state index in [0.717, 1.165) is 67.8 Å². The molecule has 0 aliphatic carbocycles. The van der Waals surface area contributed by atoms with Gasteiger partial charge in [0.25, 0.3) is 0 Å². The molecule has 8 nitrogen and oxygen atoms in total. The molecule has 4 rings (SSSR count). The third-order valence-electron chi connectivity index (χ3n) is 5.38. The molecular weight excluding hydrogens is 352 g/mol. The Hall–Kier alpha value is -2.77. The summed E-state index contributed by atoms with van der Waals surface area (Å²) in [6, 6.07) is 2.15. The Labute approximate surface area is 165 Å². The molecule has 8 heteroatoms. The van der Waals surface area contributed by atoms with Crippen LogP contribution in [0, 0.1) is 6.92 Å². The number of imidazole rings is 1. The van der Waals surface area contributed by atoms with Gasteiger partial charge < -0.3 is 14.0 Å². The van der Waals surface area contributed by atoms with Gasteiger partial charge in [0.2, 0.25) is 0 Å². The van der Waals surface area contributed by atoms with Crippen LogP contribution in [0.15, 0.2) is 24.8 Å². The first-order chi connectivity index (χ1) is 13.6. The second-order valence-electron chi connectivity index (χ2n) is 7.57. The Bertz CT molecular complexity index is 914. The van der Waals surface area contributed by atoms with Gasteiger partial charge in [-0.05, 0) is 26.2 Å². The van der Waals surface area contributed by atoms with Gasteiger partial charge in [-0.1, -0.05) is 13.3 Å². The standard InChI is InChI=1S/C20H28N8/c1-4-6-17-11-18(23-15(2)22-17)28-9-5-7-16(12-28)20-25-24-19(26(20)3)13-27-10-8-21-14-27/h8,10-11,14,16H,4-7,9,12-13H2,1-3H3/t16-/m0/s1. The highest BCUT2D eigenvalue weighted by atomic mass is 15.3. The zero-order valence-electron chi connectivity index (χ0n) is 16.9. The maximum atomic E-state index is 4.71. The van der Waals surface area contributed by atoms with Crippen molar-refractivity contribution in [3.8, 4) is 0 Å². The molecular formula is C20H28N8. The van der Waals surface area contributed by atoms with Crippen molar-refractivity contribution in [2.45, 2.75) is 52.0 Å². The number of piperidine rings is 1. The molecule has 0 N–H and O–H groups in total. The van der Waals surface area contributed by atoms with Gasteiger partial charge >= 0.3 is 0 Å². The molecule has 0 aromatic carbocycles. The number of anilines is 1. The van der Waals surface area contributed by atoms with E-state index in [1.165, 1.54) is 0 Å². The summed E-state index contributed by atoms with van der Waals surface area (Å²) in [6.07, 6.45) is 9.88. The van der Waals surface area contributed by atoms with Crippen molar-refractivity contribution in [1.29, 1.82) is 0 Å². The Balaban J connectivity index is 1.52. The van der Waals surface area contributed by atoms with Crippen molar-refractivity contribution in [3.63, 3.8) is 0 Å². The van der Waals surface area contributed by atoms with Gasteiger partial charge in [0.05, 0.1) is 12.9 Å². The van der Waals surface area contributed by atoms with Crippen molar-refractivity contribution in [1.82, 2.24) is 34.3 Å². The highest BCUT2D eigenvalue weighted by Gasteiger charge is 2.27. The highest BCUT2D eigenvalue weighted by molar-refractivity contribution is 5.41. The van der Waals surface area contributed by atoms with E-state index in [2.05, 4.69) is 49.7 Å². The molecule has 0 radical (unpaired) electrons. The smallest absolute Gasteiger partial charge is 0.152 e. The lowest BCUT2D eigenvalue weighted by Crippen LogP contribution is -2.36. The fourth-order valence-electron chi connectivity index (χ4n) is 3.97. The second kappa shape index (κ2) is 8.08. The third-order valence-corrected chi connectivity index (χ3v) is 5.38. The minimum absolute atomic E-state index is 0.354. The molecule has 1 fully saturated rings. The number of nitrogens with zero attached hydrogens (tertiary/aromatic N) is 8. The highest BCUT2D eigenvalue weighted by Crippen LogP contribution is 2.29. The summed E-state index contributed by atoms with van der Waals surface area (Å²) in [5.74, 6) is 4.26. The number of hydrogen-bond donors (Lipinski definition) is 0. The number of hydrogen-bond acceptors (Lipinski definition) is 6. The van der Waals surface area contributed by atoms with E-state index in [4.69, 9.17) is 4.98 Å². The summed E-state index contributed by atoms with van der Waals surface area (Å²) in [7, 11) is 2.06. The lowest BCUT2D eigenvalue weighted by atomic mass is 9.97. The zero-order chi connectivity index (χ0) is 19.5. The molecule has 1 aliphatic rings. The van der Waals surface area contributed by atoms with Gasteiger partial charge in [-0.2, -0.15) is 0 Å². The fourth-order valence-corrected chi connectivity index (χ4v) is 3.97. The molecule has 1 atom stereocenters. The minimum Gasteiger partial charge on any atom is -0.356 e. The summed E-state index contributed by atoms with van der Waals surface area (Å²) in [5.41, 5.74) is 1.13. The molecule has 1 aliphatic heterocycles. The summed E-state index contributed by atoms with van der Waals surface area (Å²) < 4.78 is 4.15. The quantitative estimate of drug-likeness (QED) is 0.654. The number of aromatic nitrogens is 7. The first-order valence-corrected chi connectivity index (χ1v) is 10.1. The molecule has 3 aromatic heterocycles. The first kappa shape index (κ1) is 18.6. The predicted octanol–water partition coefficient (Wildman–Crippen LogP) is 2.49. The summed E-state index contributed by atoms with van der Waals surface area (Å²) in [5, 5.41) is 8.97. The van der Waals surface area contributed by atoms with Crippen LogP contribution in [0.1, 0.15) is 55.3 Å². The van der Waals surface area contributed by atoms with Crippen LogP contribution in [-0.2, 0) is 20.0 Å². The van der Waals surface area contributed by atoms with Crippen LogP contribution >= 0.6 is 0 Å². The van der Waals surface area contributed by atoms with E-state index in [1.807, 2.05) is 24.0 Å². The molecule has 148 valence electrons. The average molecular weight is 381 g/mol. The lowest BCUT2D eigenvalue weighted by molar-refractivity contribution is 0.475. The van der Waals surface area contributed by atoms with Crippen molar-refractivity contribution >= 4 is 5.82 Å². The molecule has 28 heavy (non-hydrogen) atoms. The van der Waals surface area contributed by atoms with Crippen molar-refractivity contribution in [2.75, 3.05) is 18.0 Å². The molecule has 0 saturated carbocycles. The van der Waals surface area contributed by atoms with E-state index < -0.39 is 0 Å². The normalized spacial score (nSPS) is 17.2. The lowest BCUT2D eigenvalue weighted by Gasteiger charge is -2.33. The van der Waals surface area contributed by atoms with Gasteiger partial charge in [0, 0.05) is 50.2 Å². The molecule has 0 amide bonds. The summed E-state index contributed by atoms with van der Waals surface area (Å²) >= 11 is 0. The molecule has 4 heterocycles. The van der Waals surface area contributed by atoms with Crippen molar-refractivity contribution < 1.29 is 0 Å². The molecule has 1 saturated heterocycles. The fraction of sp³-hybridized carbons (Fsp3) is 0.550. The molecule has 3 aromatic rings. The third kappa shape index (κ3) is 3.90. The number of aryl methyl sites for hydroxylation is 2. The second-order valence-corrected chi connectivity index (χ2v) is 7.57. The van der Waals surface area contributed by atoms with Crippen LogP contribution < -0.4 is 4.90 Å². The maximum absolute atomic E-state index is 4.71. The first-order valence-electron chi connectivity index (χ1n) is 10.1. The zero-order valence-corrected chi connectivity index (χ0v) is 16.9. The van der Waals surface area contributed by atoms with Crippen LogP contribution in [0.3, 0.4) is 0 Å². The Morgan fingerprint density at radius 1 is 1.21 bits per heavy atom. The van der Waals surface area contributed by atoms with E-state index in [-0.39, 0.29) is 0 Å². The van der Waals surface area contributed by atoms with E-state index in [1.54, 1.807) is 6.20 Å². The molecule has 0 bridgehead atoms. The Kier molecular flexibility index (Phi) is 5.36. The van der Waals surface area contributed by atoms with Crippen LogP contribution in [-0.4, -0.2) is 47.4 Å². The van der Waals surface area contributed by atoms with Crippen LogP contribution in [0.4, 0.5) is 5.82 Å². The minimum atomic E-state index is 0.354. The van der Waals surface area contributed by atoms with Crippen LogP contribution in [0.2, 0.25) is 0 Å². The Morgan fingerprint density at radius 3 is 2.89 bits per heavy atom. The van der Waals surface area contributed by atoms with Gasteiger partial charge in [0.15, 0.2) is 5.82 Å². The predicted molar refractivity (Wildman–Crippen MR) is 107 cm³/mol. The summed E-state index contributed by atoms with van der Waals surface area (Å²) in [6.45, 7) is 6.79. The van der Waals surface area contributed by atoms with Gasteiger partial charge in [-0.15, -0.1) is 10.2 Å². The van der Waals surface area contributed by atoms with E-state index >= 15 is 0 Å². The maximum Gasteiger partial charge on any atom is 0.152 e. The summed E-state index contributed by atoms with van der Waals surface area (Å²) in [4.78, 5) is 15.8. The van der Waals surface area contributed by atoms with Gasteiger partial charge in [-0.3, -0.25) is 0 Å².